The van der Waals surface area contributed by atoms with Gasteiger partial charge in [0.25, 0.3) is 5.85 Å². The van der Waals surface area contributed by atoms with Gasteiger partial charge >= 0.3 is 0 Å². The number of rotatable bonds is 11. The first-order valence-corrected chi connectivity index (χ1v) is 24.9. The fourth-order valence-electron chi connectivity index (χ4n) is 4.10. The molecule has 0 aliphatic carbocycles. The van der Waals surface area contributed by atoms with Gasteiger partial charge in [-0.2, -0.15) is 0 Å². The number of halogens is 1. The van der Waals surface area contributed by atoms with Crippen LogP contribution in [0.5, 0.6) is 5.75 Å². The summed E-state index contributed by atoms with van der Waals surface area (Å²) in [6, 6.07) is 5.85. The highest BCUT2D eigenvalue weighted by molar-refractivity contribution is 6.75. The Morgan fingerprint density at radius 3 is 1.80 bits per heavy atom. The van der Waals surface area contributed by atoms with Crippen LogP contribution in [0.15, 0.2) is 30.5 Å². The zero-order valence-corrected chi connectivity index (χ0v) is 34.2. The summed E-state index contributed by atoms with van der Waals surface area (Å²) in [4.78, 5) is 0. The van der Waals surface area contributed by atoms with Crippen molar-refractivity contribution in [1.29, 1.82) is 5.41 Å². The SMILES string of the molecule is Cc1cccc(C)c1OC(=N)/C=C\N[C@@H]1OC(F)(CO[Si](C)(C)C(C)(C)C)C(O[Si](C)(C)C(C)(C)C)C1O[Si](C)(C)C(C)(C)C. The van der Waals surface area contributed by atoms with Gasteiger partial charge in [0, 0.05) is 12.3 Å². The summed E-state index contributed by atoms with van der Waals surface area (Å²) >= 11 is 0. The minimum absolute atomic E-state index is 0.0541. The molecule has 11 heteroatoms. The van der Waals surface area contributed by atoms with E-state index in [0.717, 1.165) is 11.1 Å². The molecule has 2 rings (SSSR count). The van der Waals surface area contributed by atoms with E-state index in [9.17, 15) is 0 Å². The van der Waals surface area contributed by atoms with Crippen molar-refractivity contribution < 1.29 is 27.1 Å². The zero-order valence-electron chi connectivity index (χ0n) is 31.2. The van der Waals surface area contributed by atoms with Gasteiger partial charge in [-0.25, -0.2) is 4.39 Å². The molecule has 1 aromatic carbocycles. The van der Waals surface area contributed by atoms with Crippen molar-refractivity contribution in [3.8, 4) is 5.75 Å². The second-order valence-corrected chi connectivity index (χ2v) is 31.5. The number of nitrogens with one attached hydrogen (secondary N) is 2. The number of ether oxygens (including phenoxy) is 2. The van der Waals surface area contributed by atoms with Crippen LogP contribution in [-0.2, 0) is 18.0 Å². The maximum absolute atomic E-state index is 17.5. The summed E-state index contributed by atoms with van der Waals surface area (Å²) < 4.78 is 50.0. The van der Waals surface area contributed by atoms with Crippen LogP contribution in [0.25, 0.3) is 0 Å². The van der Waals surface area contributed by atoms with E-state index in [4.69, 9.17) is 28.2 Å². The first kappa shape index (κ1) is 39.8. The molecule has 1 aliphatic heterocycles. The molecule has 7 nitrogen and oxygen atoms in total. The maximum atomic E-state index is 17.5. The second-order valence-electron chi connectivity index (χ2n) is 17.2. The molecular weight excluding hydrogens is 620 g/mol. The van der Waals surface area contributed by atoms with E-state index < -0.39 is 49.2 Å². The van der Waals surface area contributed by atoms with Gasteiger partial charge < -0.3 is 28.1 Å². The molecule has 0 amide bonds. The smallest absolute Gasteiger partial charge is 0.261 e. The van der Waals surface area contributed by atoms with Crippen LogP contribution >= 0.6 is 0 Å². The standard InChI is InChI=1S/C34H63FN2O5Si3/c1-24-19-18-20-25(2)27(24)39-26(36)21-22-37-30-28(41-44(14,15)32(6,7)8)29(42-45(16,17)33(9,10)11)34(35,40-30)23-38-43(12,13)31(3,4)5/h18-22,28-30,36-37H,23H2,1-17H3/b22-21-,36-26?/t28?,29?,30-,34?/m1/s1. The molecule has 258 valence electrons. The van der Waals surface area contributed by atoms with Crippen LogP contribution in [0.3, 0.4) is 0 Å². The highest BCUT2D eigenvalue weighted by Crippen LogP contribution is 2.47. The summed E-state index contributed by atoms with van der Waals surface area (Å²) in [5.41, 5.74) is 1.88. The van der Waals surface area contributed by atoms with Crippen LogP contribution in [0.4, 0.5) is 4.39 Å². The van der Waals surface area contributed by atoms with Crippen molar-refractivity contribution in [1.82, 2.24) is 5.32 Å². The van der Waals surface area contributed by atoms with Crippen LogP contribution < -0.4 is 10.1 Å². The van der Waals surface area contributed by atoms with E-state index in [1.165, 1.54) is 6.08 Å². The lowest BCUT2D eigenvalue weighted by Gasteiger charge is -2.45. The maximum Gasteiger partial charge on any atom is 0.261 e. The average molecular weight is 683 g/mol. The van der Waals surface area contributed by atoms with Crippen molar-refractivity contribution in [3.63, 3.8) is 0 Å². The largest absolute Gasteiger partial charge is 0.439 e. The van der Waals surface area contributed by atoms with Crippen LogP contribution in [0, 0.1) is 19.3 Å². The Morgan fingerprint density at radius 2 is 1.33 bits per heavy atom. The molecule has 0 radical (unpaired) electrons. The minimum Gasteiger partial charge on any atom is -0.439 e. The number of aryl methyl sites for hydroxylation is 2. The first-order chi connectivity index (χ1) is 20.0. The van der Waals surface area contributed by atoms with Crippen molar-refractivity contribution in [2.24, 2.45) is 0 Å². The predicted octanol–water partition coefficient (Wildman–Crippen LogP) is 9.59. The topological polar surface area (TPSA) is 82.0 Å². The third-order valence-electron chi connectivity index (χ3n) is 10.4. The summed E-state index contributed by atoms with van der Waals surface area (Å²) in [5.74, 6) is -1.66. The van der Waals surface area contributed by atoms with Crippen molar-refractivity contribution in [2.75, 3.05) is 6.61 Å². The summed E-state index contributed by atoms with van der Waals surface area (Å²) in [6.07, 6.45) is 0.421. The van der Waals surface area contributed by atoms with Gasteiger partial charge in [0.1, 0.15) is 18.0 Å². The van der Waals surface area contributed by atoms with Gasteiger partial charge in [-0.1, -0.05) is 80.5 Å². The van der Waals surface area contributed by atoms with Crippen molar-refractivity contribution in [2.45, 2.75) is 155 Å². The Bertz CT molecular complexity index is 1200. The van der Waals surface area contributed by atoms with E-state index in [1.54, 1.807) is 6.20 Å². The molecule has 0 spiro atoms. The lowest BCUT2D eigenvalue weighted by molar-refractivity contribution is -0.192. The van der Waals surface area contributed by atoms with E-state index in [-0.39, 0.29) is 27.6 Å². The Hall–Kier alpha value is -1.35. The monoisotopic (exact) mass is 682 g/mol. The van der Waals surface area contributed by atoms with Gasteiger partial charge in [0.15, 0.2) is 31.2 Å². The van der Waals surface area contributed by atoms with Crippen LogP contribution in [0.1, 0.15) is 73.4 Å². The molecule has 4 atom stereocenters. The molecule has 0 bridgehead atoms. The number of hydrogen-bond donors (Lipinski definition) is 2. The van der Waals surface area contributed by atoms with Gasteiger partial charge in [-0.05, 0) is 79.4 Å². The molecular formula is C34H63FN2O5Si3. The van der Waals surface area contributed by atoms with Gasteiger partial charge in [-0.3, -0.25) is 5.41 Å². The van der Waals surface area contributed by atoms with E-state index in [2.05, 4.69) is 107 Å². The molecule has 45 heavy (non-hydrogen) atoms. The third-order valence-corrected chi connectivity index (χ3v) is 23.8. The van der Waals surface area contributed by atoms with Crippen LogP contribution in [-0.4, -0.2) is 61.7 Å². The Balaban J connectivity index is 2.53. The number of hydrogen-bond acceptors (Lipinski definition) is 7. The molecule has 1 aromatic rings. The normalized spacial score (nSPS) is 23.9. The lowest BCUT2D eigenvalue weighted by Crippen LogP contribution is -2.58. The Morgan fingerprint density at radius 1 is 0.867 bits per heavy atom. The molecule has 1 heterocycles. The number of para-hydroxylation sites is 1. The van der Waals surface area contributed by atoms with Gasteiger partial charge in [0.2, 0.25) is 5.90 Å². The van der Waals surface area contributed by atoms with Crippen molar-refractivity contribution >= 4 is 30.8 Å². The summed E-state index contributed by atoms with van der Waals surface area (Å²) in [6.45, 7) is 35.7. The number of alkyl halides is 1. The molecule has 1 fully saturated rings. The molecule has 3 unspecified atom stereocenters. The predicted molar refractivity (Wildman–Crippen MR) is 193 cm³/mol. The quantitative estimate of drug-likeness (QED) is 0.137. The van der Waals surface area contributed by atoms with E-state index in [0.29, 0.717) is 5.75 Å². The van der Waals surface area contributed by atoms with Gasteiger partial charge in [-0.15, -0.1) is 0 Å². The second kappa shape index (κ2) is 13.6. The summed E-state index contributed by atoms with van der Waals surface area (Å²) in [5, 5.41) is 11.3. The molecule has 2 N–H and O–H groups in total. The van der Waals surface area contributed by atoms with Gasteiger partial charge in [0.05, 0.1) is 6.61 Å². The Kier molecular flexibility index (Phi) is 12.1. The number of benzene rings is 1. The minimum atomic E-state index is -2.49. The van der Waals surface area contributed by atoms with E-state index in [1.807, 2.05) is 32.0 Å². The fourth-order valence-corrected chi connectivity index (χ4v) is 7.67. The zero-order chi connectivity index (χ0) is 35.0. The highest BCUT2D eigenvalue weighted by atomic mass is 28.4. The van der Waals surface area contributed by atoms with E-state index >= 15 is 4.39 Å². The van der Waals surface area contributed by atoms with Crippen LogP contribution in [0.2, 0.25) is 54.4 Å². The van der Waals surface area contributed by atoms with Crippen molar-refractivity contribution in [3.05, 3.63) is 41.6 Å². The Labute approximate surface area is 276 Å². The molecule has 1 saturated heterocycles. The highest BCUT2D eigenvalue weighted by Gasteiger charge is 2.62. The molecule has 0 saturated carbocycles. The first-order valence-electron chi connectivity index (χ1n) is 16.2. The summed E-state index contributed by atoms with van der Waals surface area (Å²) in [7, 11) is -7.25. The lowest BCUT2D eigenvalue weighted by atomic mass is 10.1. The molecule has 0 aromatic heterocycles. The average Bonchev–Trinajstić information content (AvgIpc) is 3.08. The third kappa shape index (κ3) is 9.61. The molecule has 1 aliphatic rings. The fraction of sp³-hybridized carbons (Fsp3) is 0.735.